The molecule has 0 saturated carbocycles. The predicted molar refractivity (Wildman–Crippen MR) is 129 cm³/mol. The van der Waals surface area contributed by atoms with Crippen molar-refractivity contribution in [3.8, 4) is 16.9 Å². The van der Waals surface area contributed by atoms with E-state index in [2.05, 4.69) is 33.2 Å². The van der Waals surface area contributed by atoms with E-state index in [9.17, 15) is 4.79 Å². The number of para-hydroxylation sites is 2. The molecular formula is C26H17ClN4O2. The summed E-state index contributed by atoms with van der Waals surface area (Å²) in [6.45, 7) is 0.709. The number of hydrogen-bond donors (Lipinski definition) is 0. The van der Waals surface area contributed by atoms with Gasteiger partial charge in [-0.1, -0.05) is 59.3 Å². The standard InChI is InChI=1S/C26H17ClN4O2/c27-20-10-7-17(8-11-20)15-30-14-13-18-3-1-5-21(25(18)30)22-16-31(29-28-22)23-6-2-4-19-9-12-24(32)33-26(19)23/h1-14,16H,15H2. The Morgan fingerprint density at radius 2 is 1.70 bits per heavy atom. The summed E-state index contributed by atoms with van der Waals surface area (Å²) in [5.74, 6) is 0. The molecule has 0 fully saturated rings. The molecule has 0 radical (unpaired) electrons. The van der Waals surface area contributed by atoms with E-state index in [1.165, 1.54) is 6.07 Å². The van der Waals surface area contributed by atoms with Crippen LogP contribution in [0.1, 0.15) is 5.56 Å². The van der Waals surface area contributed by atoms with Gasteiger partial charge in [-0.05, 0) is 35.9 Å². The van der Waals surface area contributed by atoms with Crippen molar-refractivity contribution < 1.29 is 4.42 Å². The van der Waals surface area contributed by atoms with Crippen molar-refractivity contribution in [3.63, 3.8) is 0 Å². The van der Waals surface area contributed by atoms with E-state index in [1.54, 1.807) is 10.7 Å². The first-order valence-electron chi connectivity index (χ1n) is 10.4. The van der Waals surface area contributed by atoms with Gasteiger partial charge in [0.15, 0.2) is 5.58 Å². The second-order valence-corrected chi connectivity index (χ2v) is 8.25. The summed E-state index contributed by atoms with van der Waals surface area (Å²) in [5.41, 5.74) is 4.66. The molecule has 0 aliphatic rings. The second kappa shape index (κ2) is 7.76. The van der Waals surface area contributed by atoms with E-state index >= 15 is 0 Å². The Morgan fingerprint density at radius 1 is 0.879 bits per heavy atom. The summed E-state index contributed by atoms with van der Waals surface area (Å²) < 4.78 is 9.30. The van der Waals surface area contributed by atoms with E-state index in [-0.39, 0.29) is 0 Å². The highest BCUT2D eigenvalue weighted by molar-refractivity contribution is 6.30. The van der Waals surface area contributed by atoms with E-state index in [0.29, 0.717) is 17.8 Å². The fourth-order valence-corrected chi connectivity index (χ4v) is 4.27. The molecule has 0 aliphatic heterocycles. The second-order valence-electron chi connectivity index (χ2n) is 7.81. The third-order valence-corrected chi connectivity index (χ3v) is 5.95. The van der Waals surface area contributed by atoms with Crippen molar-refractivity contribution >= 4 is 33.5 Å². The maximum atomic E-state index is 11.8. The largest absolute Gasteiger partial charge is 0.420 e. The molecule has 0 spiro atoms. The van der Waals surface area contributed by atoms with Crippen LogP contribution >= 0.6 is 11.6 Å². The predicted octanol–water partition coefficient (Wildman–Crippen LogP) is 5.70. The van der Waals surface area contributed by atoms with E-state index in [4.69, 9.17) is 16.0 Å². The monoisotopic (exact) mass is 452 g/mol. The summed E-state index contributed by atoms with van der Waals surface area (Å²) in [4.78, 5) is 11.8. The van der Waals surface area contributed by atoms with Gasteiger partial charge in [0.2, 0.25) is 0 Å². The van der Waals surface area contributed by atoms with Gasteiger partial charge in [0.1, 0.15) is 11.4 Å². The van der Waals surface area contributed by atoms with Gasteiger partial charge in [-0.3, -0.25) is 0 Å². The van der Waals surface area contributed by atoms with Crippen LogP contribution in [0, 0.1) is 0 Å². The quantitative estimate of drug-likeness (QED) is 0.322. The van der Waals surface area contributed by atoms with Gasteiger partial charge in [0.25, 0.3) is 0 Å². The number of benzene rings is 3. The normalized spacial score (nSPS) is 11.4. The lowest BCUT2D eigenvalue weighted by atomic mass is 10.1. The van der Waals surface area contributed by atoms with Gasteiger partial charge in [-0.25, -0.2) is 9.48 Å². The van der Waals surface area contributed by atoms with Crippen LogP contribution in [0.5, 0.6) is 0 Å². The summed E-state index contributed by atoms with van der Waals surface area (Å²) in [6.07, 6.45) is 3.93. The summed E-state index contributed by atoms with van der Waals surface area (Å²) >= 11 is 6.04. The van der Waals surface area contributed by atoms with Crippen LogP contribution in [0.15, 0.2) is 100 Å². The molecule has 160 valence electrons. The molecule has 3 aromatic carbocycles. The summed E-state index contributed by atoms with van der Waals surface area (Å²) in [7, 11) is 0. The fourth-order valence-electron chi connectivity index (χ4n) is 4.15. The molecule has 0 unspecified atom stereocenters. The van der Waals surface area contributed by atoms with Crippen molar-refractivity contribution in [2.75, 3.05) is 0 Å². The Kier molecular flexibility index (Phi) is 4.59. The lowest BCUT2D eigenvalue weighted by molar-refractivity contribution is 0.557. The SMILES string of the molecule is O=c1ccc2cccc(-n3cc(-c4cccc5ccn(Cc6ccc(Cl)cc6)c45)nn3)c2o1. The lowest BCUT2D eigenvalue weighted by Gasteiger charge is -2.09. The van der Waals surface area contributed by atoms with Crippen LogP contribution in [0.3, 0.4) is 0 Å². The van der Waals surface area contributed by atoms with Crippen molar-refractivity contribution in [2.24, 2.45) is 0 Å². The first kappa shape index (κ1) is 19.5. The highest BCUT2D eigenvalue weighted by Crippen LogP contribution is 2.30. The van der Waals surface area contributed by atoms with Crippen LogP contribution in [0.25, 0.3) is 38.8 Å². The van der Waals surface area contributed by atoms with Gasteiger partial charge < -0.3 is 8.98 Å². The molecule has 33 heavy (non-hydrogen) atoms. The number of rotatable bonds is 4. The van der Waals surface area contributed by atoms with E-state index in [0.717, 1.165) is 38.1 Å². The zero-order valence-corrected chi connectivity index (χ0v) is 18.1. The molecule has 3 aromatic heterocycles. The summed E-state index contributed by atoms with van der Waals surface area (Å²) in [6, 6.07) is 24.9. The van der Waals surface area contributed by atoms with Gasteiger partial charge in [-0.2, -0.15) is 0 Å². The first-order chi connectivity index (χ1) is 16.2. The van der Waals surface area contributed by atoms with Crippen molar-refractivity contribution in [1.29, 1.82) is 0 Å². The maximum Gasteiger partial charge on any atom is 0.336 e. The molecule has 3 heterocycles. The first-order valence-corrected chi connectivity index (χ1v) is 10.8. The fraction of sp³-hybridized carbons (Fsp3) is 0.0385. The van der Waals surface area contributed by atoms with Crippen molar-refractivity contribution in [1.82, 2.24) is 19.6 Å². The molecule has 0 amide bonds. The smallest absolute Gasteiger partial charge is 0.336 e. The Bertz CT molecular complexity index is 1680. The topological polar surface area (TPSA) is 65.8 Å². The molecule has 0 bridgehead atoms. The molecule has 0 N–H and O–H groups in total. The van der Waals surface area contributed by atoms with Crippen molar-refractivity contribution in [3.05, 3.63) is 112 Å². The Hall–Kier alpha value is -4.16. The third kappa shape index (κ3) is 3.50. The zero-order chi connectivity index (χ0) is 22.4. The molecule has 6 aromatic rings. The number of fused-ring (bicyclic) bond motifs is 2. The number of halogens is 1. The molecular weight excluding hydrogens is 436 g/mol. The minimum absolute atomic E-state index is 0.403. The molecule has 6 rings (SSSR count). The van der Waals surface area contributed by atoms with Crippen LogP contribution in [0.2, 0.25) is 5.02 Å². The lowest BCUT2D eigenvalue weighted by Crippen LogP contribution is -2.00. The molecule has 0 aliphatic carbocycles. The molecule has 7 heteroatoms. The molecule has 0 saturated heterocycles. The summed E-state index contributed by atoms with van der Waals surface area (Å²) in [5, 5.41) is 11.4. The van der Waals surface area contributed by atoms with Gasteiger partial charge in [0.05, 0.1) is 11.7 Å². The van der Waals surface area contributed by atoms with Crippen LogP contribution in [0.4, 0.5) is 0 Å². The van der Waals surface area contributed by atoms with E-state index < -0.39 is 5.63 Å². The molecule has 6 nitrogen and oxygen atoms in total. The Morgan fingerprint density at radius 3 is 2.58 bits per heavy atom. The highest BCUT2D eigenvalue weighted by atomic mass is 35.5. The number of hydrogen-bond acceptors (Lipinski definition) is 4. The molecule has 0 atom stereocenters. The maximum absolute atomic E-state index is 11.8. The van der Waals surface area contributed by atoms with Gasteiger partial charge in [0, 0.05) is 40.2 Å². The average Bonchev–Trinajstić information content (AvgIpc) is 3.48. The van der Waals surface area contributed by atoms with Crippen LogP contribution in [-0.4, -0.2) is 19.6 Å². The third-order valence-electron chi connectivity index (χ3n) is 5.70. The van der Waals surface area contributed by atoms with E-state index in [1.807, 2.05) is 60.8 Å². The number of nitrogens with zero attached hydrogens (tertiary/aromatic N) is 4. The zero-order valence-electron chi connectivity index (χ0n) is 17.4. The van der Waals surface area contributed by atoms with Crippen molar-refractivity contribution in [2.45, 2.75) is 6.54 Å². The highest BCUT2D eigenvalue weighted by Gasteiger charge is 2.14. The van der Waals surface area contributed by atoms with Gasteiger partial charge in [-0.15, -0.1) is 5.10 Å². The Labute approximate surface area is 193 Å². The van der Waals surface area contributed by atoms with Crippen LogP contribution < -0.4 is 5.63 Å². The Balaban J connectivity index is 1.45. The minimum atomic E-state index is -0.403. The van der Waals surface area contributed by atoms with Crippen LogP contribution in [-0.2, 0) is 6.54 Å². The average molecular weight is 453 g/mol. The number of aromatic nitrogens is 4. The minimum Gasteiger partial charge on any atom is -0.420 e. The van der Waals surface area contributed by atoms with Gasteiger partial charge >= 0.3 is 5.63 Å².